The highest BCUT2D eigenvalue weighted by Gasteiger charge is 2.13. The third-order valence-electron chi connectivity index (χ3n) is 3.98. The summed E-state index contributed by atoms with van der Waals surface area (Å²) >= 11 is 7.23. The molecule has 0 aliphatic heterocycles. The van der Waals surface area contributed by atoms with Crippen LogP contribution in [0.15, 0.2) is 72.1 Å². The number of carbonyl (C=O) groups is 1. The molecule has 0 unspecified atom stereocenters. The van der Waals surface area contributed by atoms with Crippen LogP contribution in [0.4, 0.5) is 5.69 Å². The summed E-state index contributed by atoms with van der Waals surface area (Å²) in [5, 5.41) is 4.22. The number of nitrogens with zero attached hydrogens (tertiary/aromatic N) is 2. The summed E-state index contributed by atoms with van der Waals surface area (Å²) in [6.07, 6.45) is 3.45. The van der Waals surface area contributed by atoms with Crippen LogP contribution in [0, 0.1) is 0 Å². The van der Waals surface area contributed by atoms with Crippen LogP contribution >= 0.6 is 23.4 Å². The molecule has 0 saturated heterocycles. The second-order valence-electron chi connectivity index (χ2n) is 5.81. The molecule has 0 bridgehead atoms. The molecular formula is C20H15ClN4OS. The Morgan fingerprint density at radius 3 is 2.63 bits per heavy atom. The zero-order chi connectivity index (χ0) is 18.6. The van der Waals surface area contributed by atoms with Crippen molar-refractivity contribution in [2.75, 3.05) is 11.1 Å². The van der Waals surface area contributed by atoms with Crippen molar-refractivity contribution in [2.24, 2.45) is 0 Å². The van der Waals surface area contributed by atoms with Crippen LogP contribution in [-0.4, -0.2) is 26.6 Å². The fourth-order valence-electron chi connectivity index (χ4n) is 2.73. The Hall–Kier alpha value is -2.83. The zero-order valence-corrected chi connectivity index (χ0v) is 15.7. The molecule has 2 aromatic carbocycles. The molecule has 5 nitrogen and oxygen atoms in total. The number of hydrogen-bond acceptors (Lipinski definition) is 4. The second-order valence-corrected chi connectivity index (χ2v) is 7.22. The number of rotatable bonds is 5. The van der Waals surface area contributed by atoms with Gasteiger partial charge in [0.15, 0.2) is 0 Å². The van der Waals surface area contributed by atoms with Gasteiger partial charge in [-0.15, -0.1) is 0 Å². The molecule has 7 heteroatoms. The molecule has 4 rings (SSSR count). The van der Waals surface area contributed by atoms with E-state index in [2.05, 4.69) is 20.3 Å². The highest BCUT2D eigenvalue weighted by Crippen LogP contribution is 2.31. The molecule has 2 aromatic heterocycles. The number of benzene rings is 2. The number of hydrogen-bond donors (Lipinski definition) is 2. The number of thioether (sulfide) groups is 1. The summed E-state index contributed by atoms with van der Waals surface area (Å²) < 4.78 is 0. The van der Waals surface area contributed by atoms with E-state index in [-0.39, 0.29) is 11.7 Å². The predicted octanol–water partition coefficient (Wildman–Crippen LogP) is 5.01. The van der Waals surface area contributed by atoms with Gasteiger partial charge < -0.3 is 10.3 Å². The molecule has 27 heavy (non-hydrogen) atoms. The summed E-state index contributed by atoms with van der Waals surface area (Å²) in [5.41, 5.74) is 4.49. The highest BCUT2D eigenvalue weighted by molar-refractivity contribution is 8.00. The molecule has 134 valence electrons. The maximum Gasteiger partial charge on any atom is 0.234 e. The number of H-pyrrole nitrogens is 1. The summed E-state index contributed by atoms with van der Waals surface area (Å²) in [7, 11) is 0. The smallest absolute Gasteiger partial charge is 0.234 e. The van der Waals surface area contributed by atoms with Gasteiger partial charge in [-0.2, -0.15) is 0 Å². The Morgan fingerprint density at radius 2 is 1.85 bits per heavy atom. The number of nitrogens with one attached hydrogen (secondary N) is 2. The second kappa shape index (κ2) is 7.82. The van der Waals surface area contributed by atoms with Crippen molar-refractivity contribution in [3.63, 3.8) is 0 Å². The first-order valence-corrected chi connectivity index (χ1v) is 9.63. The fourth-order valence-corrected chi connectivity index (χ4v) is 3.62. The van der Waals surface area contributed by atoms with Crippen molar-refractivity contribution < 1.29 is 4.79 Å². The van der Waals surface area contributed by atoms with Gasteiger partial charge in [-0.25, -0.2) is 9.97 Å². The third-order valence-corrected chi connectivity index (χ3v) is 5.22. The minimum Gasteiger partial charge on any atom is -0.357 e. The number of fused-ring (bicyclic) bond motifs is 1. The van der Waals surface area contributed by atoms with Crippen LogP contribution in [0.3, 0.4) is 0 Å². The van der Waals surface area contributed by atoms with Crippen LogP contribution in [-0.2, 0) is 4.79 Å². The molecule has 0 aliphatic rings. The number of halogens is 1. The highest BCUT2D eigenvalue weighted by atomic mass is 35.5. The molecule has 1 amide bonds. The van der Waals surface area contributed by atoms with Gasteiger partial charge in [0.2, 0.25) is 5.91 Å². The van der Waals surface area contributed by atoms with Gasteiger partial charge >= 0.3 is 0 Å². The summed E-state index contributed by atoms with van der Waals surface area (Å²) in [6.45, 7) is 0. The lowest BCUT2D eigenvalue weighted by atomic mass is 10.1. The van der Waals surface area contributed by atoms with Crippen molar-refractivity contribution >= 4 is 46.0 Å². The van der Waals surface area contributed by atoms with Gasteiger partial charge in [0.25, 0.3) is 0 Å². The maximum absolute atomic E-state index is 12.2. The number of anilines is 1. The topological polar surface area (TPSA) is 70.7 Å². The molecule has 4 aromatic rings. The monoisotopic (exact) mass is 394 g/mol. The lowest BCUT2D eigenvalue weighted by Gasteiger charge is -2.05. The number of aromatic nitrogens is 3. The Morgan fingerprint density at radius 1 is 1.07 bits per heavy atom. The van der Waals surface area contributed by atoms with Crippen molar-refractivity contribution in [3.8, 4) is 11.1 Å². The van der Waals surface area contributed by atoms with Crippen LogP contribution in [0.2, 0.25) is 5.02 Å². The van der Waals surface area contributed by atoms with E-state index in [0.717, 1.165) is 27.2 Å². The van der Waals surface area contributed by atoms with Crippen molar-refractivity contribution in [3.05, 3.63) is 72.1 Å². The number of amides is 1. The predicted molar refractivity (Wildman–Crippen MR) is 110 cm³/mol. The summed E-state index contributed by atoms with van der Waals surface area (Å²) in [5.74, 6) is 0.137. The van der Waals surface area contributed by atoms with Crippen molar-refractivity contribution in [1.29, 1.82) is 0 Å². The first-order valence-electron chi connectivity index (χ1n) is 8.26. The Labute approximate surface area is 165 Å². The largest absolute Gasteiger partial charge is 0.357 e. The van der Waals surface area contributed by atoms with E-state index < -0.39 is 0 Å². The van der Waals surface area contributed by atoms with Crippen LogP contribution in [0.1, 0.15) is 0 Å². The molecule has 0 aliphatic carbocycles. The standard InChI is InChI=1S/C20H15ClN4OS/c21-14-6-8-15(9-7-14)25-17(26)11-27-20-19-18(23-12-24-20)16(10-22-19)13-4-2-1-3-5-13/h1-10,12,22H,11H2,(H,25,26). The molecule has 0 radical (unpaired) electrons. The zero-order valence-electron chi connectivity index (χ0n) is 14.1. The van der Waals surface area contributed by atoms with Gasteiger partial charge in [-0.1, -0.05) is 53.7 Å². The van der Waals surface area contributed by atoms with Crippen LogP contribution in [0.25, 0.3) is 22.2 Å². The molecule has 2 N–H and O–H groups in total. The van der Waals surface area contributed by atoms with Gasteiger partial charge in [-0.05, 0) is 29.8 Å². The van der Waals surface area contributed by atoms with Gasteiger partial charge in [-0.3, -0.25) is 4.79 Å². The van der Waals surface area contributed by atoms with Crippen molar-refractivity contribution in [1.82, 2.24) is 15.0 Å². The normalized spacial score (nSPS) is 10.9. The summed E-state index contributed by atoms with van der Waals surface area (Å²) in [4.78, 5) is 24.2. The molecule has 2 heterocycles. The first kappa shape index (κ1) is 17.6. The SMILES string of the molecule is O=C(CSc1ncnc2c(-c3ccccc3)c[nH]c12)Nc1ccc(Cl)cc1. The Kier molecular flexibility index (Phi) is 5.09. The summed E-state index contributed by atoms with van der Waals surface area (Å²) in [6, 6.07) is 17.1. The molecule has 0 atom stereocenters. The van der Waals surface area contributed by atoms with Crippen molar-refractivity contribution in [2.45, 2.75) is 5.03 Å². The van der Waals surface area contributed by atoms with E-state index in [9.17, 15) is 4.79 Å². The third kappa shape index (κ3) is 3.97. The van der Waals surface area contributed by atoms with E-state index >= 15 is 0 Å². The molecule has 0 spiro atoms. The molecule has 0 fully saturated rings. The van der Waals surface area contributed by atoms with E-state index in [4.69, 9.17) is 11.6 Å². The Bertz CT molecular complexity index is 1080. The Balaban J connectivity index is 1.50. The first-order chi connectivity index (χ1) is 13.2. The number of aromatic amines is 1. The van der Waals surface area contributed by atoms with Crippen LogP contribution < -0.4 is 5.32 Å². The minimum atomic E-state index is -0.107. The average molecular weight is 395 g/mol. The van der Waals surface area contributed by atoms with Gasteiger partial charge in [0.05, 0.1) is 11.3 Å². The van der Waals surface area contributed by atoms with Gasteiger partial charge in [0.1, 0.15) is 16.9 Å². The average Bonchev–Trinajstić information content (AvgIpc) is 3.13. The number of carbonyl (C=O) groups excluding carboxylic acids is 1. The lowest BCUT2D eigenvalue weighted by Crippen LogP contribution is -2.14. The fraction of sp³-hybridized carbons (Fsp3) is 0.0500. The molecular weight excluding hydrogens is 380 g/mol. The van der Waals surface area contributed by atoms with E-state index in [1.165, 1.54) is 18.1 Å². The quantitative estimate of drug-likeness (QED) is 0.368. The van der Waals surface area contributed by atoms with E-state index in [0.29, 0.717) is 10.7 Å². The van der Waals surface area contributed by atoms with E-state index in [1.54, 1.807) is 24.3 Å². The van der Waals surface area contributed by atoms with Gasteiger partial charge in [0, 0.05) is 22.5 Å². The lowest BCUT2D eigenvalue weighted by molar-refractivity contribution is -0.113. The minimum absolute atomic E-state index is 0.107. The van der Waals surface area contributed by atoms with Crippen LogP contribution in [0.5, 0.6) is 0 Å². The van der Waals surface area contributed by atoms with E-state index in [1.807, 2.05) is 36.5 Å². The molecule has 0 saturated carbocycles. The maximum atomic E-state index is 12.2.